The van der Waals surface area contributed by atoms with Crippen LogP contribution in [0.1, 0.15) is 31.4 Å². The molecule has 1 rings (SSSR count). The van der Waals surface area contributed by atoms with Crippen molar-refractivity contribution in [3.63, 3.8) is 0 Å². The zero-order valence-electron chi connectivity index (χ0n) is 10.1. The lowest BCUT2D eigenvalue weighted by Crippen LogP contribution is -2.11. The second-order valence-electron chi connectivity index (χ2n) is 3.74. The first-order valence-electron chi connectivity index (χ1n) is 5.75. The summed E-state index contributed by atoms with van der Waals surface area (Å²) in [4.78, 5) is 0. The number of hydrogen-bond donors (Lipinski definition) is 1. The minimum atomic E-state index is 0.0887. The minimum absolute atomic E-state index is 0.0887. The van der Waals surface area contributed by atoms with Crippen molar-refractivity contribution in [2.24, 2.45) is 5.73 Å². The lowest BCUT2D eigenvalue weighted by atomic mass is 10.0. The van der Waals surface area contributed by atoms with E-state index in [0.29, 0.717) is 6.61 Å². The SMILES string of the molecule is CCOc1ccc(C(N)CCCOC)cc1. The predicted octanol–water partition coefficient (Wildman–Crippen LogP) is 2.51. The Balaban J connectivity index is 2.46. The highest BCUT2D eigenvalue weighted by atomic mass is 16.5. The van der Waals surface area contributed by atoms with E-state index in [1.54, 1.807) is 7.11 Å². The Morgan fingerprint density at radius 2 is 1.94 bits per heavy atom. The maximum Gasteiger partial charge on any atom is 0.119 e. The third kappa shape index (κ3) is 4.21. The smallest absolute Gasteiger partial charge is 0.119 e. The van der Waals surface area contributed by atoms with Gasteiger partial charge < -0.3 is 15.2 Å². The highest BCUT2D eigenvalue weighted by Crippen LogP contribution is 2.19. The first-order chi connectivity index (χ1) is 7.77. The second kappa shape index (κ2) is 7.25. The lowest BCUT2D eigenvalue weighted by molar-refractivity contribution is 0.190. The van der Waals surface area contributed by atoms with Crippen molar-refractivity contribution in [2.45, 2.75) is 25.8 Å². The Hall–Kier alpha value is -1.06. The minimum Gasteiger partial charge on any atom is -0.494 e. The van der Waals surface area contributed by atoms with E-state index in [2.05, 4.69) is 0 Å². The first-order valence-corrected chi connectivity index (χ1v) is 5.75. The van der Waals surface area contributed by atoms with Crippen LogP contribution < -0.4 is 10.5 Å². The average Bonchev–Trinajstić information content (AvgIpc) is 2.30. The van der Waals surface area contributed by atoms with Gasteiger partial charge in [0.25, 0.3) is 0 Å². The molecule has 0 saturated heterocycles. The molecule has 0 amide bonds. The van der Waals surface area contributed by atoms with E-state index < -0.39 is 0 Å². The summed E-state index contributed by atoms with van der Waals surface area (Å²) < 4.78 is 10.4. The molecule has 0 radical (unpaired) electrons. The summed E-state index contributed by atoms with van der Waals surface area (Å²) in [5.74, 6) is 0.898. The zero-order chi connectivity index (χ0) is 11.8. The van der Waals surface area contributed by atoms with Crippen LogP contribution in [0.25, 0.3) is 0 Å². The van der Waals surface area contributed by atoms with Crippen LogP contribution >= 0.6 is 0 Å². The Labute approximate surface area is 97.6 Å². The number of methoxy groups -OCH3 is 1. The standard InChI is InChI=1S/C13H21NO2/c1-3-16-12-8-6-11(7-9-12)13(14)5-4-10-15-2/h6-9,13H,3-5,10,14H2,1-2H3. The van der Waals surface area contributed by atoms with Gasteiger partial charge in [0.05, 0.1) is 6.61 Å². The molecule has 16 heavy (non-hydrogen) atoms. The molecule has 0 heterocycles. The van der Waals surface area contributed by atoms with Gasteiger partial charge >= 0.3 is 0 Å². The maximum atomic E-state index is 6.06. The van der Waals surface area contributed by atoms with Crippen LogP contribution in [0.4, 0.5) is 0 Å². The fraction of sp³-hybridized carbons (Fsp3) is 0.538. The highest BCUT2D eigenvalue weighted by molar-refractivity contribution is 5.28. The van der Waals surface area contributed by atoms with Gasteiger partial charge in [0.1, 0.15) is 5.75 Å². The van der Waals surface area contributed by atoms with E-state index in [0.717, 1.165) is 30.8 Å². The van der Waals surface area contributed by atoms with Gasteiger partial charge in [-0.2, -0.15) is 0 Å². The zero-order valence-corrected chi connectivity index (χ0v) is 10.1. The van der Waals surface area contributed by atoms with Gasteiger partial charge in [0, 0.05) is 19.8 Å². The molecule has 0 saturated carbocycles. The molecule has 2 N–H and O–H groups in total. The van der Waals surface area contributed by atoms with Crippen molar-refractivity contribution in [1.82, 2.24) is 0 Å². The molecule has 1 atom stereocenters. The Bertz CT molecular complexity index is 284. The summed E-state index contributed by atoms with van der Waals surface area (Å²) in [5, 5.41) is 0. The van der Waals surface area contributed by atoms with Crippen LogP contribution in [0.3, 0.4) is 0 Å². The van der Waals surface area contributed by atoms with E-state index in [9.17, 15) is 0 Å². The Morgan fingerprint density at radius 1 is 1.25 bits per heavy atom. The number of rotatable bonds is 7. The molecular formula is C13H21NO2. The molecule has 0 aliphatic rings. The summed E-state index contributed by atoms with van der Waals surface area (Å²) in [6, 6.07) is 8.08. The van der Waals surface area contributed by atoms with Gasteiger partial charge in [-0.15, -0.1) is 0 Å². The van der Waals surface area contributed by atoms with Crippen LogP contribution in [0.15, 0.2) is 24.3 Å². The van der Waals surface area contributed by atoms with Gasteiger partial charge in [-0.3, -0.25) is 0 Å². The summed E-state index contributed by atoms with van der Waals surface area (Å²) in [6.07, 6.45) is 1.94. The Morgan fingerprint density at radius 3 is 2.50 bits per heavy atom. The average molecular weight is 223 g/mol. The second-order valence-corrected chi connectivity index (χ2v) is 3.74. The summed E-state index contributed by atoms with van der Waals surface area (Å²) in [5.41, 5.74) is 7.22. The fourth-order valence-electron chi connectivity index (χ4n) is 1.59. The van der Waals surface area contributed by atoms with Crippen LogP contribution in [-0.2, 0) is 4.74 Å². The third-order valence-corrected chi connectivity index (χ3v) is 2.48. The van der Waals surface area contributed by atoms with E-state index in [1.165, 1.54) is 0 Å². The highest BCUT2D eigenvalue weighted by Gasteiger charge is 2.05. The van der Waals surface area contributed by atoms with Gasteiger partial charge in [0.15, 0.2) is 0 Å². The molecular weight excluding hydrogens is 202 g/mol. The van der Waals surface area contributed by atoms with Crippen LogP contribution in [0.5, 0.6) is 5.75 Å². The molecule has 90 valence electrons. The number of ether oxygens (including phenoxy) is 2. The van der Waals surface area contributed by atoms with Crippen molar-refractivity contribution in [3.8, 4) is 5.75 Å². The largest absolute Gasteiger partial charge is 0.494 e. The number of hydrogen-bond acceptors (Lipinski definition) is 3. The van der Waals surface area contributed by atoms with Crippen molar-refractivity contribution in [1.29, 1.82) is 0 Å². The molecule has 0 aliphatic heterocycles. The summed E-state index contributed by atoms with van der Waals surface area (Å²) >= 11 is 0. The van der Waals surface area contributed by atoms with Gasteiger partial charge in [-0.1, -0.05) is 12.1 Å². The molecule has 0 spiro atoms. The van der Waals surface area contributed by atoms with Crippen LogP contribution in [-0.4, -0.2) is 20.3 Å². The molecule has 0 aliphatic carbocycles. The van der Waals surface area contributed by atoms with E-state index in [1.807, 2.05) is 31.2 Å². The van der Waals surface area contributed by atoms with Gasteiger partial charge in [-0.05, 0) is 37.5 Å². The monoisotopic (exact) mass is 223 g/mol. The first kappa shape index (κ1) is 13.0. The number of benzene rings is 1. The van der Waals surface area contributed by atoms with Crippen molar-refractivity contribution >= 4 is 0 Å². The lowest BCUT2D eigenvalue weighted by Gasteiger charge is -2.12. The molecule has 1 unspecified atom stereocenters. The summed E-state index contributed by atoms with van der Waals surface area (Å²) in [7, 11) is 1.71. The molecule has 3 nitrogen and oxygen atoms in total. The number of nitrogens with two attached hydrogens (primary N) is 1. The molecule has 3 heteroatoms. The van der Waals surface area contributed by atoms with Crippen molar-refractivity contribution in [3.05, 3.63) is 29.8 Å². The molecule has 0 aromatic heterocycles. The van der Waals surface area contributed by atoms with E-state index in [4.69, 9.17) is 15.2 Å². The van der Waals surface area contributed by atoms with E-state index in [-0.39, 0.29) is 6.04 Å². The van der Waals surface area contributed by atoms with Gasteiger partial charge in [-0.25, -0.2) is 0 Å². The molecule has 1 aromatic rings. The normalized spacial score (nSPS) is 12.4. The fourth-order valence-corrected chi connectivity index (χ4v) is 1.59. The topological polar surface area (TPSA) is 44.5 Å². The summed E-state index contributed by atoms with van der Waals surface area (Å²) in [6.45, 7) is 3.44. The predicted molar refractivity (Wildman–Crippen MR) is 65.6 cm³/mol. The third-order valence-electron chi connectivity index (χ3n) is 2.48. The Kier molecular flexibility index (Phi) is 5.90. The quantitative estimate of drug-likeness (QED) is 0.722. The van der Waals surface area contributed by atoms with Crippen LogP contribution in [0, 0.1) is 0 Å². The van der Waals surface area contributed by atoms with Crippen LogP contribution in [0.2, 0.25) is 0 Å². The van der Waals surface area contributed by atoms with Gasteiger partial charge in [0.2, 0.25) is 0 Å². The maximum absolute atomic E-state index is 6.06. The molecule has 1 aromatic carbocycles. The van der Waals surface area contributed by atoms with E-state index >= 15 is 0 Å². The van der Waals surface area contributed by atoms with Crippen molar-refractivity contribution < 1.29 is 9.47 Å². The molecule has 0 fully saturated rings. The van der Waals surface area contributed by atoms with Crippen molar-refractivity contribution in [2.75, 3.05) is 20.3 Å². The molecule has 0 bridgehead atoms.